The minimum atomic E-state index is 1.17. The molecule has 11 aromatic rings. The maximum absolute atomic E-state index is 2.40. The highest BCUT2D eigenvalue weighted by Gasteiger charge is 2.15. The van der Waals surface area contributed by atoms with Crippen molar-refractivity contribution in [2.45, 2.75) is 0 Å². The van der Waals surface area contributed by atoms with Crippen molar-refractivity contribution in [3.63, 3.8) is 0 Å². The molecule has 0 amide bonds. The van der Waals surface area contributed by atoms with Crippen LogP contribution in [0.15, 0.2) is 206 Å². The normalized spacial score (nSPS) is 11.7. The van der Waals surface area contributed by atoms with E-state index in [4.69, 9.17) is 0 Å². The predicted octanol–water partition coefficient (Wildman–Crippen LogP) is 14.0. The van der Waals surface area contributed by atoms with Gasteiger partial charge in [0.2, 0.25) is 0 Å². The fraction of sp³-hybridized carbons (Fsp3) is 0. The molecule has 0 saturated carbocycles. The highest BCUT2D eigenvalue weighted by Crippen LogP contribution is 2.38. The Morgan fingerprint density at radius 2 is 0.667 bits per heavy atom. The van der Waals surface area contributed by atoms with Crippen LogP contribution in [0.2, 0.25) is 0 Å². The molecule has 0 N–H and O–H groups in total. The fourth-order valence-electron chi connectivity index (χ4n) is 8.51. The largest absolute Gasteiger partial charge is 0.309 e. The zero-order valence-electron chi connectivity index (χ0n) is 29.5. The Bertz CT molecular complexity index is 3220. The molecule has 0 aliphatic rings. The van der Waals surface area contributed by atoms with Gasteiger partial charge in [0.25, 0.3) is 0 Å². The summed E-state index contributed by atoms with van der Waals surface area (Å²) < 4.78 is 4.77. The van der Waals surface area contributed by atoms with E-state index in [-0.39, 0.29) is 0 Å². The van der Waals surface area contributed by atoms with E-state index in [9.17, 15) is 0 Å². The molecule has 2 nitrogen and oxygen atoms in total. The average Bonchev–Trinajstić information content (AvgIpc) is 3.76. The number of para-hydroxylation sites is 3. The summed E-state index contributed by atoms with van der Waals surface area (Å²) in [6.45, 7) is 0. The third kappa shape index (κ3) is 4.88. The van der Waals surface area contributed by atoms with Crippen LogP contribution in [0.5, 0.6) is 0 Å². The molecule has 0 fully saturated rings. The quantitative estimate of drug-likeness (QED) is 0.171. The number of hydrogen-bond donors (Lipinski definition) is 0. The van der Waals surface area contributed by atoms with Crippen molar-refractivity contribution in [2.24, 2.45) is 0 Å². The monoisotopic (exact) mass is 686 g/mol. The van der Waals surface area contributed by atoms with E-state index in [1.54, 1.807) is 0 Å². The van der Waals surface area contributed by atoms with E-state index in [0.29, 0.717) is 0 Å². The van der Waals surface area contributed by atoms with Crippen molar-refractivity contribution in [3.05, 3.63) is 206 Å². The summed E-state index contributed by atoms with van der Waals surface area (Å²) in [6.07, 6.45) is 0. The Balaban J connectivity index is 0.982. The minimum Gasteiger partial charge on any atom is -0.309 e. The molecule has 0 atom stereocenters. The Kier molecular flexibility index (Phi) is 6.90. The van der Waals surface area contributed by atoms with Gasteiger partial charge in [0.1, 0.15) is 0 Å². The van der Waals surface area contributed by atoms with Crippen LogP contribution in [-0.4, -0.2) is 9.13 Å². The maximum Gasteiger partial charge on any atom is 0.0541 e. The number of nitrogens with zero attached hydrogens (tertiary/aromatic N) is 2. The summed E-state index contributed by atoms with van der Waals surface area (Å²) in [5.74, 6) is 0. The molecule has 0 aliphatic carbocycles. The molecule has 2 aromatic heterocycles. The van der Waals surface area contributed by atoms with E-state index in [1.807, 2.05) is 0 Å². The van der Waals surface area contributed by atoms with Gasteiger partial charge in [0.05, 0.1) is 22.1 Å². The first-order valence-corrected chi connectivity index (χ1v) is 18.6. The average molecular weight is 687 g/mol. The Hall–Kier alpha value is -7.16. The van der Waals surface area contributed by atoms with E-state index in [2.05, 4.69) is 215 Å². The molecule has 0 aliphatic heterocycles. The lowest BCUT2D eigenvalue weighted by Crippen LogP contribution is -1.93. The van der Waals surface area contributed by atoms with Gasteiger partial charge in [-0.25, -0.2) is 0 Å². The molecule has 54 heavy (non-hydrogen) atoms. The Morgan fingerprint density at radius 1 is 0.222 bits per heavy atom. The molecule has 2 heteroatoms. The number of hydrogen-bond acceptors (Lipinski definition) is 0. The Labute approximate surface area is 313 Å². The van der Waals surface area contributed by atoms with Crippen LogP contribution in [0.3, 0.4) is 0 Å². The van der Waals surface area contributed by atoms with Crippen LogP contribution < -0.4 is 0 Å². The fourth-order valence-corrected chi connectivity index (χ4v) is 8.51. The molecule has 0 bridgehead atoms. The van der Waals surface area contributed by atoms with Crippen molar-refractivity contribution in [3.8, 4) is 44.8 Å². The van der Waals surface area contributed by atoms with Crippen LogP contribution in [0.1, 0.15) is 0 Å². The summed E-state index contributed by atoms with van der Waals surface area (Å²) in [5, 5.41) is 7.54. The third-order valence-electron chi connectivity index (χ3n) is 11.1. The van der Waals surface area contributed by atoms with Crippen molar-refractivity contribution < 1.29 is 0 Å². The molecular formula is C52H34N2. The number of rotatable bonds is 5. The van der Waals surface area contributed by atoms with Gasteiger partial charge in [0, 0.05) is 32.9 Å². The molecule has 252 valence electrons. The van der Waals surface area contributed by atoms with E-state index in [0.717, 1.165) is 0 Å². The van der Waals surface area contributed by atoms with Crippen LogP contribution in [0.4, 0.5) is 0 Å². The molecule has 0 saturated heterocycles. The van der Waals surface area contributed by atoms with Gasteiger partial charge >= 0.3 is 0 Å². The second-order valence-corrected chi connectivity index (χ2v) is 14.2. The third-order valence-corrected chi connectivity index (χ3v) is 11.1. The van der Waals surface area contributed by atoms with Crippen LogP contribution in [0.25, 0.3) is 99.1 Å². The zero-order valence-corrected chi connectivity index (χ0v) is 29.5. The van der Waals surface area contributed by atoms with Crippen LogP contribution in [-0.2, 0) is 0 Å². The highest BCUT2D eigenvalue weighted by atomic mass is 15.0. The van der Waals surface area contributed by atoms with Gasteiger partial charge in [0.15, 0.2) is 0 Å². The lowest BCUT2D eigenvalue weighted by atomic mass is 9.95. The first-order valence-electron chi connectivity index (χ1n) is 18.6. The minimum absolute atomic E-state index is 1.17. The molecular weight excluding hydrogens is 653 g/mol. The first-order chi connectivity index (χ1) is 26.8. The first kappa shape index (κ1) is 30.5. The molecule has 2 heterocycles. The maximum atomic E-state index is 2.40. The van der Waals surface area contributed by atoms with Gasteiger partial charge in [-0.3, -0.25) is 0 Å². The summed E-state index contributed by atoms with van der Waals surface area (Å²) in [5.41, 5.74) is 14.5. The number of fused-ring (bicyclic) bond motifs is 7. The van der Waals surface area contributed by atoms with E-state index in [1.165, 1.54) is 99.1 Å². The van der Waals surface area contributed by atoms with Gasteiger partial charge in [-0.1, -0.05) is 133 Å². The second-order valence-electron chi connectivity index (χ2n) is 14.2. The van der Waals surface area contributed by atoms with Crippen LogP contribution >= 0.6 is 0 Å². The summed E-state index contributed by atoms with van der Waals surface area (Å²) in [4.78, 5) is 0. The highest BCUT2D eigenvalue weighted by molar-refractivity contribution is 6.12. The van der Waals surface area contributed by atoms with Crippen molar-refractivity contribution >= 4 is 54.4 Å². The lowest BCUT2D eigenvalue weighted by Gasteiger charge is -2.11. The standard InChI is InChI=1S/C52H34N2/c1-2-18-43(19-3-1)53-49-22-8-6-20-45(49)47-33-41(25-28-51(47)53)38-16-10-14-36(30-38)37-15-11-17-39(31-37)42-26-29-52-48(34-42)46-21-7-9-23-50(46)54(52)44-27-24-35-12-4-5-13-40(35)32-44/h1-34H. The van der Waals surface area contributed by atoms with Crippen molar-refractivity contribution in [2.75, 3.05) is 0 Å². The van der Waals surface area contributed by atoms with E-state index >= 15 is 0 Å². The van der Waals surface area contributed by atoms with E-state index < -0.39 is 0 Å². The molecule has 0 unspecified atom stereocenters. The molecule has 11 rings (SSSR count). The number of benzene rings is 9. The molecule has 9 aromatic carbocycles. The lowest BCUT2D eigenvalue weighted by molar-refractivity contribution is 1.18. The molecule has 0 radical (unpaired) electrons. The SMILES string of the molecule is c1ccc(-n2c3ccccc3c3cc(-c4cccc(-c5cccc(-c6ccc7c(c6)c6ccccc6n7-c6ccc7ccccc7c6)c5)c4)ccc32)cc1. The summed E-state index contributed by atoms with van der Waals surface area (Å²) >= 11 is 0. The summed E-state index contributed by atoms with van der Waals surface area (Å²) in [6, 6.07) is 75.2. The van der Waals surface area contributed by atoms with Gasteiger partial charge in [-0.15, -0.1) is 0 Å². The zero-order chi connectivity index (χ0) is 35.6. The predicted molar refractivity (Wildman–Crippen MR) is 229 cm³/mol. The van der Waals surface area contributed by atoms with Gasteiger partial charge in [-0.2, -0.15) is 0 Å². The van der Waals surface area contributed by atoms with Crippen molar-refractivity contribution in [1.82, 2.24) is 9.13 Å². The number of aromatic nitrogens is 2. The smallest absolute Gasteiger partial charge is 0.0541 e. The van der Waals surface area contributed by atoms with Crippen LogP contribution in [0, 0.1) is 0 Å². The van der Waals surface area contributed by atoms with Gasteiger partial charge in [-0.05, 0) is 117 Å². The topological polar surface area (TPSA) is 9.86 Å². The Morgan fingerprint density at radius 3 is 1.24 bits per heavy atom. The molecule has 0 spiro atoms. The summed E-state index contributed by atoms with van der Waals surface area (Å²) in [7, 11) is 0. The second kappa shape index (κ2) is 12.2. The van der Waals surface area contributed by atoms with Crippen molar-refractivity contribution in [1.29, 1.82) is 0 Å². The van der Waals surface area contributed by atoms with Gasteiger partial charge < -0.3 is 9.13 Å².